The Labute approximate surface area is 73.0 Å². The van der Waals surface area contributed by atoms with Crippen molar-refractivity contribution < 1.29 is 17.3 Å². The van der Waals surface area contributed by atoms with Crippen molar-refractivity contribution in [2.45, 2.75) is 18.9 Å². The highest BCUT2D eigenvalue weighted by Gasteiger charge is 2.29. The highest BCUT2D eigenvalue weighted by atomic mass is 32.2. The highest BCUT2D eigenvalue weighted by molar-refractivity contribution is 7.85. The average molecular weight is 194 g/mol. The van der Waals surface area contributed by atoms with E-state index in [0.29, 0.717) is 18.6 Å². The molecular weight excluding hydrogens is 180 g/mol. The van der Waals surface area contributed by atoms with E-state index in [1.165, 1.54) is 0 Å². The van der Waals surface area contributed by atoms with Gasteiger partial charge in [0.1, 0.15) is 0 Å². The Bertz CT molecular complexity index is 228. The molecule has 0 heterocycles. The Morgan fingerprint density at radius 2 is 2.00 bits per heavy atom. The Balaban J connectivity index is 2.12. The van der Waals surface area contributed by atoms with Crippen molar-refractivity contribution in [3.63, 3.8) is 0 Å². The van der Waals surface area contributed by atoms with E-state index < -0.39 is 10.1 Å². The van der Waals surface area contributed by atoms with E-state index in [0.717, 1.165) is 19.1 Å². The lowest BCUT2D eigenvalue weighted by Gasteiger charge is -2.33. The van der Waals surface area contributed by atoms with E-state index in [-0.39, 0.29) is 0 Å². The molecule has 0 spiro atoms. The van der Waals surface area contributed by atoms with Gasteiger partial charge in [-0.25, -0.2) is 0 Å². The number of methoxy groups -OCH3 is 1. The van der Waals surface area contributed by atoms with Gasteiger partial charge in [-0.05, 0) is 18.8 Å². The molecule has 0 N–H and O–H groups in total. The Kier molecular flexibility index (Phi) is 3.09. The number of hydrogen-bond acceptors (Lipinski definition) is 4. The fraction of sp³-hybridized carbons (Fsp3) is 1.00. The van der Waals surface area contributed by atoms with E-state index in [1.54, 1.807) is 7.11 Å². The average Bonchev–Trinajstić information content (AvgIpc) is 1.82. The molecular formula is C7H14O4S. The summed E-state index contributed by atoms with van der Waals surface area (Å²) >= 11 is 0. The molecule has 0 aromatic heterocycles. The first-order valence-electron chi connectivity index (χ1n) is 3.88. The van der Waals surface area contributed by atoms with Crippen LogP contribution >= 0.6 is 0 Å². The Morgan fingerprint density at radius 1 is 1.42 bits per heavy atom. The summed E-state index contributed by atoms with van der Waals surface area (Å²) in [6.45, 7) is 0.304. The molecule has 0 saturated heterocycles. The fourth-order valence-electron chi connectivity index (χ4n) is 1.22. The smallest absolute Gasteiger partial charge is 0.264 e. The summed E-state index contributed by atoms with van der Waals surface area (Å²) < 4.78 is 30.8. The minimum absolute atomic E-state index is 0.304. The molecule has 1 saturated carbocycles. The highest BCUT2D eigenvalue weighted by Crippen LogP contribution is 2.29. The quantitative estimate of drug-likeness (QED) is 0.607. The Hall–Kier alpha value is -0.130. The summed E-state index contributed by atoms with van der Waals surface area (Å²) in [6, 6.07) is 0. The predicted molar refractivity (Wildman–Crippen MR) is 44.3 cm³/mol. The number of hydrogen-bond donors (Lipinski definition) is 0. The first-order chi connectivity index (χ1) is 5.51. The zero-order chi connectivity index (χ0) is 9.19. The second kappa shape index (κ2) is 3.72. The third kappa shape index (κ3) is 3.08. The topological polar surface area (TPSA) is 52.6 Å². The molecule has 0 aliphatic heterocycles. The third-order valence-electron chi connectivity index (χ3n) is 2.04. The predicted octanol–water partition coefficient (Wildman–Crippen LogP) is 0.388. The molecule has 0 aromatic carbocycles. The number of ether oxygens (including phenoxy) is 1. The fourth-order valence-corrected chi connectivity index (χ4v) is 1.66. The number of rotatable bonds is 4. The van der Waals surface area contributed by atoms with Gasteiger partial charge in [0.05, 0.1) is 19.0 Å². The van der Waals surface area contributed by atoms with Crippen LogP contribution in [0.2, 0.25) is 0 Å². The summed E-state index contributed by atoms with van der Waals surface area (Å²) in [7, 11) is -1.60. The molecule has 1 fully saturated rings. The first-order valence-corrected chi connectivity index (χ1v) is 5.70. The standard InChI is InChI=1S/C7H14O4S/c1-10-7-3-6(4-7)5-11-12(2,8)9/h6-7H,3-5H2,1-2H3/t6-,7-. The van der Waals surface area contributed by atoms with Gasteiger partial charge in [-0.2, -0.15) is 8.42 Å². The molecule has 1 aliphatic rings. The maximum Gasteiger partial charge on any atom is 0.264 e. The van der Waals surface area contributed by atoms with Crippen molar-refractivity contribution in [1.29, 1.82) is 0 Å². The Morgan fingerprint density at radius 3 is 2.42 bits per heavy atom. The lowest BCUT2D eigenvalue weighted by molar-refractivity contribution is -0.0132. The molecule has 5 heteroatoms. The van der Waals surface area contributed by atoms with Crippen LogP contribution in [-0.2, 0) is 19.0 Å². The lowest BCUT2D eigenvalue weighted by atomic mass is 9.83. The monoisotopic (exact) mass is 194 g/mol. The van der Waals surface area contributed by atoms with Crippen molar-refractivity contribution in [2.75, 3.05) is 20.0 Å². The van der Waals surface area contributed by atoms with Gasteiger partial charge in [0.25, 0.3) is 10.1 Å². The zero-order valence-electron chi connectivity index (χ0n) is 7.32. The summed E-state index contributed by atoms with van der Waals surface area (Å²) in [5, 5.41) is 0. The zero-order valence-corrected chi connectivity index (χ0v) is 8.13. The van der Waals surface area contributed by atoms with E-state index in [4.69, 9.17) is 4.74 Å². The normalized spacial score (nSPS) is 29.8. The molecule has 0 amide bonds. The van der Waals surface area contributed by atoms with E-state index in [2.05, 4.69) is 4.18 Å². The van der Waals surface area contributed by atoms with E-state index >= 15 is 0 Å². The van der Waals surface area contributed by atoms with Crippen LogP contribution in [0.4, 0.5) is 0 Å². The lowest BCUT2D eigenvalue weighted by Crippen LogP contribution is -2.33. The third-order valence-corrected chi connectivity index (χ3v) is 2.61. The van der Waals surface area contributed by atoms with Crippen LogP contribution in [-0.4, -0.2) is 34.5 Å². The van der Waals surface area contributed by atoms with Gasteiger partial charge in [-0.3, -0.25) is 4.18 Å². The molecule has 0 bridgehead atoms. The van der Waals surface area contributed by atoms with Gasteiger partial charge in [0, 0.05) is 7.11 Å². The van der Waals surface area contributed by atoms with Crippen molar-refractivity contribution in [1.82, 2.24) is 0 Å². The molecule has 0 aromatic rings. The van der Waals surface area contributed by atoms with Gasteiger partial charge in [-0.15, -0.1) is 0 Å². The van der Waals surface area contributed by atoms with Gasteiger partial charge in [0.2, 0.25) is 0 Å². The van der Waals surface area contributed by atoms with Gasteiger partial charge in [0.15, 0.2) is 0 Å². The molecule has 0 atom stereocenters. The summed E-state index contributed by atoms with van der Waals surface area (Å²) in [6.07, 6.45) is 3.19. The first kappa shape index (κ1) is 9.95. The molecule has 0 unspecified atom stereocenters. The van der Waals surface area contributed by atoms with E-state index in [9.17, 15) is 8.42 Å². The van der Waals surface area contributed by atoms with Crippen LogP contribution in [0.25, 0.3) is 0 Å². The van der Waals surface area contributed by atoms with Crippen molar-refractivity contribution in [3.05, 3.63) is 0 Å². The second-order valence-electron chi connectivity index (χ2n) is 3.18. The maximum atomic E-state index is 10.6. The van der Waals surface area contributed by atoms with Gasteiger partial charge < -0.3 is 4.74 Å². The van der Waals surface area contributed by atoms with Crippen LogP contribution < -0.4 is 0 Å². The van der Waals surface area contributed by atoms with E-state index in [1.807, 2.05) is 0 Å². The van der Waals surface area contributed by atoms with Crippen LogP contribution in [0.3, 0.4) is 0 Å². The summed E-state index contributed by atoms with van der Waals surface area (Å²) in [5.41, 5.74) is 0. The van der Waals surface area contributed by atoms with Crippen LogP contribution in [0.1, 0.15) is 12.8 Å². The SMILES string of the molecule is CO[C@H]1C[C@H](COS(C)(=O)=O)C1. The van der Waals surface area contributed by atoms with Crippen LogP contribution in [0.15, 0.2) is 0 Å². The van der Waals surface area contributed by atoms with Crippen LogP contribution in [0, 0.1) is 5.92 Å². The molecule has 1 rings (SSSR count). The molecule has 0 radical (unpaired) electrons. The molecule has 12 heavy (non-hydrogen) atoms. The van der Waals surface area contributed by atoms with Gasteiger partial charge >= 0.3 is 0 Å². The van der Waals surface area contributed by atoms with Crippen molar-refractivity contribution in [2.24, 2.45) is 5.92 Å². The summed E-state index contributed by atoms with van der Waals surface area (Å²) in [5.74, 6) is 0.352. The van der Waals surface area contributed by atoms with Crippen molar-refractivity contribution in [3.8, 4) is 0 Å². The minimum Gasteiger partial charge on any atom is -0.381 e. The largest absolute Gasteiger partial charge is 0.381 e. The van der Waals surface area contributed by atoms with Crippen molar-refractivity contribution >= 4 is 10.1 Å². The summed E-state index contributed by atoms with van der Waals surface area (Å²) in [4.78, 5) is 0. The maximum absolute atomic E-state index is 10.6. The molecule has 4 nitrogen and oxygen atoms in total. The second-order valence-corrected chi connectivity index (χ2v) is 4.83. The van der Waals surface area contributed by atoms with Crippen LogP contribution in [0.5, 0.6) is 0 Å². The van der Waals surface area contributed by atoms with Gasteiger partial charge in [-0.1, -0.05) is 0 Å². The minimum atomic E-state index is -3.26. The molecule has 1 aliphatic carbocycles. The molecule has 72 valence electrons.